The van der Waals surface area contributed by atoms with Crippen molar-refractivity contribution in [2.75, 3.05) is 37.8 Å². The number of carbonyl (C=O) groups excluding carboxylic acids is 1. The number of carbonyl (C=O) groups is 1. The highest BCUT2D eigenvalue weighted by atomic mass is 32.2. The molecule has 0 atom stereocenters. The quantitative estimate of drug-likeness (QED) is 0.557. The molecule has 1 aliphatic heterocycles. The number of thioether (sulfide) groups is 1. The molecule has 4 rings (SSSR count). The highest BCUT2D eigenvalue weighted by Crippen LogP contribution is 2.30. The van der Waals surface area contributed by atoms with E-state index in [1.54, 1.807) is 18.9 Å². The molecule has 8 nitrogen and oxygen atoms in total. The Hall–Kier alpha value is -2.17. The molecule has 10 heteroatoms. The van der Waals surface area contributed by atoms with Crippen molar-refractivity contribution >= 4 is 44.4 Å². The van der Waals surface area contributed by atoms with Crippen molar-refractivity contribution in [3.8, 4) is 5.75 Å². The number of thiazole rings is 1. The van der Waals surface area contributed by atoms with Gasteiger partial charge in [-0.15, -0.1) is 10.2 Å². The monoisotopic (exact) mass is 446 g/mol. The molecule has 2 aromatic heterocycles. The maximum atomic E-state index is 12.5. The molecule has 30 heavy (non-hydrogen) atoms. The van der Waals surface area contributed by atoms with Gasteiger partial charge in [-0.05, 0) is 49.9 Å². The summed E-state index contributed by atoms with van der Waals surface area (Å²) in [5.74, 6) is 3.20. The number of benzene rings is 1. The third-order valence-corrected chi connectivity index (χ3v) is 7.14. The zero-order valence-corrected chi connectivity index (χ0v) is 19.1. The number of anilines is 1. The van der Waals surface area contributed by atoms with Gasteiger partial charge in [0.15, 0.2) is 10.3 Å². The lowest BCUT2D eigenvalue weighted by Gasteiger charge is -2.30. The van der Waals surface area contributed by atoms with Crippen LogP contribution < -0.4 is 10.1 Å². The van der Waals surface area contributed by atoms with Crippen LogP contribution in [0.1, 0.15) is 31.5 Å². The lowest BCUT2D eigenvalue weighted by Crippen LogP contribution is -2.39. The van der Waals surface area contributed by atoms with E-state index >= 15 is 0 Å². The molecule has 1 amide bonds. The number of ether oxygens (including phenoxy) is 1. The Balaban J connectivity index is 1.30. The number of fused-ring (bicyclic) bond motifs is 1. The van der Waals surface area contributed by atoms with Crippen LogP contribution in [0.15, 0.2) is 23.4 Å². The lowest BCUT2D eigenvalue weighted by atomic mass is 9.96. The van der Waals surface area contributed by atoms with E-state index in [0.717, 1.165) is 58.6 Å². The van der Waals surface area contributed by atoms with Gasteiger partial charge in [0, 0.05) is 13.0 Å². The van der Waals surface area contributed by atoms with Gasteiger partial charge in [0.1, 0.15) is 11.6 Å². The van der Waals surface area contributed by atoms with Crippen LogP contribution in [0, 0.1) is 0 Å². The molecule has 1 fully saturated rings. The maximum Gasteiger partial charge on any atom is 0.240 e. The van der Waals surface area contributed by atoms with Gasteiger partial charge < -0.3 is 14.6 Å². The smallest absolute Gasteiger partial charge is 0.240 e. The highest BCUT2D eigenvalue weighted by molar-refractivity contribution is 7.99. The molecule has 0 saturated carbocycles. The summed E-state index contributed by atoms with van der Waals surface area (Å²) in [6, 6.07) is 5.71. The number of hydrogen-bond acceptors (Lipinski definition) is 8. The fourth-order valence-corrected chi connectivity index (χ4v) is 5.29. The highest BCUT2D eigenvalue weighted by Gasteiger charge is 2.26. The van der Waals surface area contributed by atoms with Crippen LogP contribution in [-0.4, -0.2) is 63.1 Å². The van der Waals surface area contributed by atoms with Crippen LogP contribution >= 0.6 is 23.1 Å². The average molecular weight is 447 g/mol. The first-order valence-electron chi connectivity index (χ1n) is 10.1. The Morgan fingerprint density at radius 3 is 2.87 bits per heavy atom. The van der Waals surface area contributed by atoms with Gasteiger partial charge in [-0.25, -0.2) is 4.98 Å². The van der Waals surface area contributed by atoms with E-state index in [9.17, 15) is 4.79 Å². The van der Waals surface area contributed by atoms with Crippen LogP contribution in [0.4, 0.5) is 5.13 Å². The first-order chi connectivity index (χ1) is 14.6. The number of amides is 1. The SMILES string of the molecule is CCSc1nnc(C2CCN(CC(=O)Nc3nc4ccc(OC)cc4s3)CC2)n1C. The molecule has 1 aromatic carbocycles. The summed E-state index contributed by atoms with van der Waals surface area (Å²) in [5, 5.41) is 13.3. The number of nitrogens with zero attached hydrogens (tertiary/aromatic N) is 5. The Morgan fingerprint density at radius 1 is 1.33 bits per heavy atom. The predicted octanol–water partition coefficient (Wildman–Crippen LogP) is 3.36. The van der Waals surface area contributed by atoms with E-state index < -0.39 is 0 Å². The van der Waals surface area contributed by atoms with Crippen molar-refractivity contribution in [2.45, 2.75) is 30.8 Å². The molecular weight excluding hydrogens is 420 g/mol. The van der Waals surface area contributed by atoms with E-state index in [1.807, 2.05) is 25.2 Å². The summed E-state index contributed by atoms with van der Waals surface area (Å²) in [6.07, 6.45) is 1.97. The normalized spacial score (nSPS) is 15.6. The first-order valence-corrected chi connectivity index (χ1v) is 11.9. The van der Waals surface area contributed by atoms with Gasteiger partial charge in [-0.3, -0.25) is 9.69 Å². The van der Waals surface area contributed by atoms with E-state index in [1.165, 1.54) is 11.3 Å². The second-order valence-corrected chi connectivity index (χ2v) is 9.55. The summed E-state index contributed by atoms with van der Waals surface area (Å²) in [5.41, 5.74) is 0.862. The van der Waals surface area contributed by atoms with Crippen LogP contribution in [0.2, 0.25) is 0 Å². The van der Waals surface area contributed by atoms with Gasteiger partial charge in [0.05, 0.1) is 23.9 Å². The van der Waals surface area contributed by atoms with E-state index in [0.29, 0.717) is 17.6 Å². The predicted molar refractivity (Wildman–Crippen MR) is 121 cm³/mol. The number of aromatic nitrogens is 4. The first kappa shape index (κ1) is 21.1. The minimum Gasteiger partial charge on any atom is -0.497 e. The standard InChI is InChI=1S/C20H26N6O2S2/c1-4-29-20-24-23-18(25(20)2)13-7-9-26(10-8-13)12-17(27)22-19-21-15-6-5-14(28-3)11-16(15)30-19/h5-6,11,13H,4,7-10,12H2,1-3H3,(H,21,22,27). The van der Waals surface area contributed by atoms with Crippen molar-refractivity contribution in [2.24, 2.45) is 7.05 Å². The average Bonchev–Trinajstić information content (AvgIpc) is 3.31. The van der Waals surface area contributed by atoms with Gasteiger partial charge in [-0.2, -0.15) is 0 Å². The fraction of sp³-hybridized carbons (Fsp3) is 0.500. The maximum absolute atomic E-state index is 12.5. The second kappa shape index (κ2) is 9.32. The number of rotatable bonds is 7. The van der Waals surface area contributed by atoms with Crippen LogP contribution in [-0.2, 0) is 11.8 Å². The van der Waals surface area contributed by atoms with Gasteiger partial charge in [0.2, 0.25) is 5.91 Å². The Morgan fingerprint density at radius 2 is 2.13 bits per heavy atom. The molecule has 1 saturated heterocycles. The molecule has 0 unspecified atom stereocenters. The van der Waals surface area contributed by atoms with Gasteiger partial charge in [0.25, 0.3) is 0 Å². The molecular formula is C20H26N6O2S2. The van der Waals surface area contributed by atoms with Crippen molar-refractivity contribution < 1.29 is 9.53 Å². The summed E-state index contributed by atoms with van der Waals surface area (Å²) < 4.78 is 8.36. The Bertz CT molecular complexity index is 1030. The summed E-state index contributed by atoms with van der Waals surface area (Å²) in [6.45, 7) is 4.24. The zero-order valence-electron chi connectivity index (χ0n) is 17.4. The second-order valence-electron chi connectivity index (χ2n) is 7.28. The molecule has 1 N–H and O–H groups in total. The van der Waals surface area contributed by atoms with Gasteiger partial charge >= 0.3 is 0 Å². The molecule has 0 spiro atoms. The van der Waals surface area contributed by atoms with Gasteiger partial charge in [-0.1, -0.05) is 30.0 Å². The molecule has 160 valence electrons. The minimum absolute atomic E-state index is 0.0280. The molecule has 0 radical (unpaired) electrons. The third-order valence-electron chi connectivity index (χ3n) is 5.30. The molecule has 0 bridgehead atoms. The van der Waals surface area contributed by atoms with Crippen molar-refractivity contribution in [3.05, 3.63) is 24.0 Å². The lowest BCUT2D eigenvalue weighted by molar-refractivity contribution is -0.117. The van der Waals surface area contributed by atoms with Crippen molar-refractivity contribution in [1.29, 1.82) is 0 Å². The largest absolute Gasteiger partial charge is 0.497 e. The number of nitrogens with one attached hydrogen (secondary N) is 1. The number of hydrogen-bond donors (Lipinski definition) is 1. The van der Waals surface area contributed by atoms with E-state index in [4.69, 9.17) is 4.74 Å². The van der Waals surface area contributed by atoms with Crippen LogP contribution in [0.5, 0.6) is 5.75 Å². The van der Waals surface area contributed by atoms with Crippen molar-refractivity contribution in [3.63, 3.8) is 0 Å². The molecule has 3 aromatic rings. The van der Waals surface area contributed by atoms with Crippen LogP contribution in [0.3, 0.4) is 0 Å². The van der Waals surface area contributed by atoms with E-state index in [2.05, 4.69) is 36.9 Å². The minimum atomic E-state index is -0.0280. The Labute approximate surface area is 184 Å². The van der Waals surface area contributed by atoms with Crippen molar-refractivity contribution in [1.82, 2.24) is 24.6 Å². The topological polar surface area (TPSA) is 85.2 Å². The van der Waals surface area contributed by atoms with Crippen LogP contribution in [0.25, 0.3) is 10.2 Å². The number of likely N-dealkylation sites (tertiary alicyclic amines) is 1. The number of piperidine rings is 1. The molecule has 3 heterocycles. The summed E-state index contributed by atoms with van der Waals surface area (Å²) in [7, 11) is 3.68. The summed E-state index contributed by atoms with van der Waals surface area (Å²) >= 11 is 3.18. The summed E-state index contributed by atoms with van der Waals surface area (Å²) in [4.78, 5) is 19.2. The third kappa shape index (κ3) is 4.60. The molecule has 1 aliphatic rings. The van der Waals surface area contributed by atoms with E-state index in [-0.39, 0.29) is 5.91 Å². The Kier molecular flexibility index (Phi) is 6.55. The molecule has 0 aliphatic carbocycles. The number of methoxy groups -OCH3 is 1. The zero-order chi connectivity index (χ0) is 21.1. The fourth-order valence-electron chi connectivity index (χ4n) is 3.73.